The van der Waals surface area contributed by atoms with Gasteiger partial charge in [-0.25, -0.2) is 4.98 Å². The second kappa shape index (κ2) is 6.30. The molecule has 1 aromatic rings. The van der Waals surface area contributed by atoms with E-state index in [4.69, 9.17) is 23.7 Å². The summed E-state index contributed by atoms with van der Waals surface area (Å²) in [4.78, 5) is 17.7. The van der Waals surface area contributed by atoms with Crippen LogP contribution in [0.25, 0.3) is 0 Å². The van der Waals surface area contributed by atoms with Crippen LogP contribution in [0.2, 0.25) is 0 Å². The highest BCUT2D eigenvalue weighted by Crippen LogP contribution is 2.13. The van der Waals surface area contributed by atoms with Gasteiger partial charge < -0.3 is 16.4 Å². The first-order valence-corrected chi connectivity index (χ1v) is 6.16. The lowest BCUT2D eigenvalue weighted by atomic mass is 10.1. The smallest absolute Gasteiger partial charge is 0.250 e. The first-order chi connectivity index (χ1) is 8.45. The van der Waals surface area contributed by atoms with Gasteiger partial charge in [0, 0.05) is 25.2 Å². The molecule has 98 valence electrons. The fourth-order valence-electron chi connectivity index (χ4n) is 1.52. The maximum absolute atomic E-state index is 11.0. The normalized spacial score (nSPS) is 11.9. The van der Waals surface area contributed by atoms with Gasteiger partial charge in [-0.05, 0) is 19.1 Å². The van der Waals surface area contributed by atoms with E-state index in [0.717, 1.165) is 12.4 Å². The molecule has 0 aliphatic carbocycles. The lowest BCUT2D eigenvalue weighted by molar-refractivity contribution is 0.1000. The summed E-state index contributed by atoms with van der Waals surface area (Å²) >= 11 is 4.96. The Morgan fingerprint density at radius 2 is 2.17 bits per heavy atom. The molecule has 0 radical (unpaired) electrons. The lowest BCUT2D eigenvalue weighted by Gasteiger charge is -2.25. The average molecular weight is 266 g/mol. The number of thiocarbonyl (C=S) groups is 1. The Morgan fingerprint density at radius 1 is 1.50 bits per heavy atom. The molecule has 0 aromatic carbocycles. The highest BCUT2D eigenvalue weighted by atomic mass is 32.1. The third-order valence-corrected chi connectivity index (χ3v) is 3.12. The number of amides is 1. The summed E-state index contributed by atoms with van der Waals surface area (Å²) in [5.41, 5.74) is 11.2. The second-order valence-electron chi connectivity index (χ2n) is 4.11. The molecule has 0 bridgehead atoms. The molecule has 1 atom stereocenters. The van der Waals surface area contributed by atoms with Gasteiger partial charge in [0.25, 0.3) is 0 Å². The quantitative estimate of drug-likeness (QED) is 0.748. The molecule has 1 aromatic heterocycles. The molecule has 5 nitrogen and oxygen atoms in total. The zero-order valence-corrected chi connectivity index (χ0v) is 11.4. The molecule has 1 unspecified atom stereocenters. The van der Waals surface area contributed by atoms with Crippen LogP contribution in [0.3, 0.4) is 0 Å². The number of pyridine rings is 1. The van der Waals surface area contributed by atoms with Crippen molar-refractivity contribution in [2.24, 2.45) is 17.4 Å². The average Bonchev–Trinajstić information content (AvgIpc) is 2.35. The molecule has 0 saturated carbocycles. The van der Waals surface area contributed by atoms with Gasteiger partial charge in [-0.2, -0.15) is 0 Å². The first kappa shape index (κ1) is 14.4. The van der Waals surface area contributed by atoms with E-state index < -0.39 is 5.91 Å². The molecular weight excluding hydrogens is 248 g/mol. The van der Waals surface area contributed by atoms with E-state index in [1.54, 1.807) is 12.1 Å². The Balaban J connectivity index is 2.82. The molecule has 0 aliphatic rings. The lowest BCUT2D eigenvalue weighted by Crippen LogP contribution is -2.34. The summed E-state index contributed by atoms with van der Waals surface area (Å²) in [6.07, 6.45) is 1.48. The summed E-state index contributed by atoms with van der Waals surface area (Å²) in [7, 11) is 0. The van der Waals surface area contributed by atoms with Gasteiger partial charge in [-0.1, -0.05) is 19.1 Å². The Kier molecular flexibility index (Phi) is 5.03. The number of rotatable bonds is 6. The number of carbonyl (C=O) groups is 1. The van der Waals surface area contributed by atoms with Gasteiger partial charge in [-0.15, -0.1) is 0 Å². The largest absolute Gasteiger partial charge is 0.393 e. The highest BCUT2D eigenvalue weighted by molar-refractivity contribution is 7.80. The van der Waals surface area contributed by atoms with Gasteiger partial charge in [0.15, 0.2) is 0 Å². The van der Waals surface area contributed by atoms with Crippen molar-refractivity contribution >= 4 is 28.9 Å². The Bertz CT molecular complexity index is 432. The molecule has 0 aliphatic heterocycles. The van der Waals surface area contributed by atoms with Crippen molar-refractivity contribution in [3.05, 3.63) is 23.9 Å². The number of hydrogen-bond donors (Lipinski definition) is 2. The zero-order chi connectivity index (χ0) is 13.7. The fourth-order valence-corrected chi connectivity index (χ4v) is 1.60. The van der Waals surface area contributed by atoms with E-state index >= 15 is 0 Å². The van der Waals surface area contributed by atoms with Crippen molar-refractivity contribution in [3.63, 3.8) is 0 Å². The minimum atomic E-state index is -0.478. The summed E-state index contributed by atoms with van der Waals surface area (Å²) < 4.78 is 0. The summed E-state index contributed by atoms with van der Waals surface area (Å²) in [6, 6.07) is 3.44. The molecule has 18 heavy (non-hydrogen) atoms. The van der Waals surface area contributed by atoms with E-state index in [1.165, 1.54) is 6.20 Å². The van der Waals surface area contributed by atoms with Gasteiger partial charge >= 0.3 is 0 Å². The maximum Gasteiger partial charge on any atom is 0.250 e. The maximum atomic E-state index is 11.0. The Hall–Kier alpha value is -1.69. The van der Waals surface area contributed by atoms with Crippen LogP contribution in [0, 0.1) is 5.92 Å². The third-order valence-electron chi connectivity index (χ3n) is 2.72. The molecule has 0 spiro atoms. The van der Waals surface area contributed by atoms with Gasteiger partial charge in [0.1, 0.15) is 5.82 Å². The summed E-state index contributed by atoms with van der Waals surface area (Å²) in [6.45, 7) is 5.49. The zero-order valence-electron chi connectivity index (χ0n) is 10.6. The molecule has 1 rings (SSSR count). The van der Waals surface area contributed by atoms with E-state index in [-0.39, 0.29) is 5.92 Å². The predicted molar refractivity (Wildman–Crippen MR) is 76.6 cm³/mol. The van der Waals surface area contributed by atoms with E-state index in [2.05, 4.69) is 9.88 Å². The standard InChI is InChI=1S/C12H18N4OS/c1-3-16(7-8(2)12(14)18)10-5-4-9(6-15-10)11(13)17/h4-6,8H,3,7H2,1-2H3,(H2,13,17)(H2,14,18). The van der Waals surface area contributed by atoms with Crippen LogP contribution in [0.1, 0.15) is 24.2 Å². The first-order valence-electron chi connectivity index (χ1n) is 5.75. The number of primary amides is 1. The van der Waals surface area contributed by atoms with Crippen molar-refractivity contribution in [1.29, 1.82) is 0 Å². The summed E-state index contributed by atoms with van der Waals surface area (Å²) in [5, 5.41) is 0. The Labute approximate surface area is 112 Å². The molecule has 6 heteroatoms. The third kappa shape index (κ3) is 3.66. The second-order valence-corrected chi connectivity index (χ2v) is 4.58. The molecule has 1 heterocycles. The molecule has 0 saturated heterocycles. The van der Waals surface area contributed by atoms with Crippen molar-refractivity contribution in [2.75, 3.05) is 18.0 Å². The van der Waals surface area contributed by atoms with Crippen LogP contribution in [0.5, 0.6) is 0 Å². The van der Waals surface area contributed by atoms with Crippen LogP contribution in [0.4, 0.5) is 5.82 Å². The van der Waals surface area contributed by atoms with Crippen LogP contribution in [-0.4, -0.2) is 29.0 Å². The fraction of sp³-hybridized carbons (Fsp3) is 0.417. The number of hydrogen-bond acceptors (Lipinski definition) is 4. The van der Waals surface area contributed by atoms with Gasteiger partial charge in [-0.3, -0.25) is 4.79 Å². The number of carbonyl (C=O) groups excluding carboxylic acids is 1. The van der Waals surface area contributed by atoms with E-state index in [1.807, 2.05) is 13.8 Å². The topological polar surface area (TPSA) is 85.2 Å². The number of anilines is 1. The van der Waals surface area contributed by atoms with Crippen LogP contribution in [0.15, 0.2) is 18.3 Å². The van der Waals surface area contributed by atoms with Crippen LogP contribution < -0.4 is 16.4 Å². The number of nitrogens with zero attached hydrogens (tertiary/aromatic N) is 2. The van der Waals surface area contributed by atoms with E-state index in [0.29, 0.717) is 17.1 Å². The molecule has 0 fully saturated rings. The molecule has 4 N–H and O–H groups in total. The highest BCUT2D eigenvalue weighted by Gasteiger charge is 2.13. The monoisotopic (exact) mass is 266 g/mol. The number of nitrogens with two attached hydrogens (primary N) is 2. The van der Waals surface area contributed by atoms with Crippen molar-refractivity contribution in [2.45, 2.75) is 13.8 Å². The van der Waals surface area contributed by atoms with Gasteiger partial charge in [0.2, 0.25) is 5.91 Å². The van der Waals surface area contributed by atoms with Gasteiger partial charge in [0.05, 0.1) is 10.6 Å². The minimum absolute atomic E-state index is 0.109. The van der Waals surface area contributed by atoms with Crippen molar-refractivity contribution < 1.29 is 4.79 Å². The molecule has 1 amide bonds. The number of aromatic nitrogens is 1. The van der Waals surface area contributed by atoms with Crippen LogP contribution >= 0.6 is 12.2 Å². The van der Waals surface area contributed by atoms with E-state index in [9.17, 15) is 4.79 Å². The van der Waals surface area contributed by atoms with Crippen molar-refractivity contribution in [3.8, 4) is 0 Å². The minimum Gasteiger partial charge on any atom is -0.393 e. The molecular formula is C12H18N4OS. The SMILES string of the molecule is CCN(CC(C)C(N)=S)c1ccc(C(N)=O)cn1. The van der Waals surface area contributed by atoms with Crippen LogP contribution in [-0.2, 0) is 0 Å². The Morgan fingerprint density at radius 3 is 2.56 bits per heavy atom. The summed E-state index contributed by atoms with van der Waals surface area (Å²) in [5.74, 6) is 0.414. The van der Waals surface area contributed by atoms with Crippen molar-refractivity contribution in [1.82, 2.24) is 4.98 Å². The predicted octanol–water partition coefficient (Wildman–Crippen LogP) is 0.929.